The summed E-state index contributed by atoms with van der Waals surface area (Å²) in [4.78, 5) is 57.8. The molecule has 0 fully saturated rings. The van der Waals surface area contributed by atoms with Crippen molar-refractivity contribution in [1.82, 2.24) is 10.6 Å². The Morgan fingerprint density at radius 2 is 1.50 bits per heavy atom. The minimum Gasteiger partial charge on any atom is -0.508 e. The van der Waals surface area contributed by atoms with E-state index in [0.29, 0.717) is 5.56 Å². The summed E-state index contributed by atoms with van der Waals surface area (Å²) < 4.78 is 0. The van der Waals surface area contributed by atoms with Crippen molar-refractivity contribution in [2.75, 3.05) is 0 Å². The van der Waals surface area contributed by atoms with E-state index >= 15 is 0 Å². The first-order chi connectivity index (χ1) is 14.0. The van der Waals surface area contributed by atoms with Crippen molar-refractivity contribution in [1.29, 1.82) is 0 Å². The molecule has 0 aliphatic rings. The predicted molar refractivity (Wildman–Crippen MR) is 102 cm³/mol. The number of nitrogens with two attached hydrogens (primary N) is 2. The van der Waals surface area contributed by atoms with Gasteiger partial charge in [-0.2, -0.15) is 0 Å². The van der Waals surface area contributed by atoms with Crippen molar-refractivity contribution in [2.45, 2.75) is 43.8 Å². The molecule has 0 bridgehead atoms. The molecule has 0 aliphatic carbocycles. The lowest BCUT2D eigenvalue weighted by Crippen LogP contribution is -2.55. The summed E-state index contributed by atoms with van der Waals surface area (Å²) >= 11 is 0. The zero-order valence-electron chi connectivity index (χ0n) is 15.9. The highest BCUT2D eigenvalue weighted by Gasteiger charge is 2.29. The van der Waals surface area contributed by atoms with Crippen LogP contribution in [0.15, 0.2) is 24.3 Å². The van der Waals surface area contributed by atoms with Gasteiger partial charge >= 0.3 is 11.9 Å². The summed E-state index contributed by atoms with van der Waals surface area (Å²) in [5.74, 6) is -5.26. The number of aliphatic carboxylic acids is 2. The molecule has 0 aromatic heterocycles. The second-order valence-electron chi connectivity index (χ2n) is 6.54. The van der Waals surface area contributed by atoms with E-state index in [1.54, 1.807) is 0 Å². The maximum atomic E-state index is 12.6. The van der Waals surface area contributed by atoms with Crippen LogP contribution in [0.25, 0.3) is 0 Å². The van der Waals surface area contributed by atoms with Crippen LogP contribution >= 0.6 is 0 Å². The van der Waals surface area contributed by atoms with Gasteiger partial charge in [-0.25, -0.2) is 4.79 Å². The lowest BCUT2D eigenvalue weighted by Gasteiger charge is -2.22. The number of hydrogen-bond donors (Lipinski definition) is 7. The number of primary amides is 1. The molecular weight excluding hydrogens is 400 g/mol. The Morgan fingerprint density at radius 3 is 2.00 bits per heavy atom. The smallest absolute Gasteiger partial charge is 0.326 e. The van der Waals surface area contributed by atoms with E-state index in [9.17, 15) is 34.2 Å². The van der Waals surface area contributed by atoms with Gasteiger partial charge in [0.25, 0.3) is 0 Å². The highest BCUT2D eigenvalue weighted by Crippen LogP contribution is 2.12. The second-order valence-corrected chi connectivity index (χ2v) is 6.54. The van der Waals surface area contributed by atoms with Crippen LogP contribution in [0.1, 0.15) is 24.8 Å². The normalized spacial score (nSPS) is 13.5. The van der Waals surface area contributed by atoms with E-state index in [1.807, 2.05) is 0 Å². The lowest BCUT2D eigenvalue weighted by molar-refractivity contribution is -0.143. The zero-order chi connectivity index (χ0) is 22.8. The number of phenols is 1. The van der Waals surface area contributed by atoms with Crippen LogP contribution in [-0.4, -0.2) is 63.1 Å². The minimum atomic E-state index is -1.49. The van der Waals surface area contributed by atoms with Gasteiger partial charge in [0.05, 0.1) is 12.5 Å². The van der Waals surface area contributed by atoms with Gasteiger partial charge in [0, 0.05) is 12.8 Å². The number of phenolic OH excluding ortho intramolecular Hbond substituents is 1. The van der Waals surface area contributed by atoms with Crippen molar-refractivity contribution in [3.8, 4) is 5.75 Å². The Labute approximate surface area is 171 Å². The Bertz CT molecular complexity index is 796. The van der Waals surface area contributed by atoms with Crippen LogP contribution < -0.4 is 22.1 Å². The van der Waals surface area contributed by atoms with Gasteiger partial charge in [0.15, 0.2) is 0 Å². The van der Waals surface area contributed by atoms with Gasteiger partial charge in [-0.3, -0.25) is 19.2 Å². The van der Waals surface area contributed by atoms with E-state index in [0.717, 1.165) is 0 Å². The molecule has 0 aliphatic heterocycles. The standard InChI is InChI=1S/C18H24N4O8/c19-11(8-14(20)24)16(27)22-13(7-9-1-3-10(23)4-2-9)17(28)21-12(18(29)30)5-6-15(25)26/h1-4,11-13,23H,5-8,19H2,(H2,20,24)(H,21,28)(H,22,27)(H,25,26)(H,29,30). The van der Waals surface area contributed by atoms with Crippen molar-refractivity contribution < 1.29 is 39.3 Å². The number of aromatic hydroxyl groups is 1. The van der Waals surface area contributed by atoms with Crippen LogP contribution in [0, 0.1) is 0 Å². The highest BCUT2D eigenvalue weighted by molar-refractivity contribution is 5.93. The largest absolute Gasteiger partial charge is 0.508 e. The number of carboxylic acids is 2. The van der Waals surface area contributed by atoms with E-state index < -0.39 is 60.6 Å². The molecule has 0 heterocycles. The second kappa shape index (κ2) is 11.4. The summed E-state index contributed by atoms with van der Waals surface area (Å²) in [6.07, 6.45) is -1.41. The highest BCUT2D eigenvalue weighted by atomic mass is 16.4. The van der Waals surface area contributed by atoms with Crippen molar-refractivity contribution in [3.05, 3.63) is 29.8 Å². The van der Waals surface area contributed by atoms with Gasteiger partial charge < -0.3 is 37.4 Å². The third-order valence-electron chi connectivity index (χ3n) is 4.03. The molecule has 30 heavy (non-hydrogen) atoms. The molecule has 0 radical (unpaired) electrons. The maximum absolute atomic E-state index is 12.6. The van der Waals surface area contributed by atoms with Gasteiger partial charge in [-0.15, -0.1) is 0 Å². The fourth-order valence-electron chi connectivity index (χ4n) is 2.46. The van der Waals surface area contributed by atoms with E-state index in [4.69, 9.17) is 16.6 Å². The average Bonchev–Trinajstić information content (AvgIpc) is 2.64. The number of rotatable bonds is 12. The molecule has 12 nitrogen and oxygen atoms in total. The zero-order valence-corrected chi connectivity index (χ0v) is 15.9. The van der Waals surface area contributed by atoms with Gasteiger partial charge in [-0.05, 0) is 24.1 Å². The van der Waals surface area contributed by atoms with Gasteiger partial charge in [0.2, 0.25) is 17.7 Å². The summed E-state index contributed by atoms with van der Waals surface area (Å²) in [7, 11) is 0. The molecule has 12 heteroatoms. The first kappa shape index (κ1) is 24.4. The molecule has 9 N–H and O–H groups in total. The topological polar surface area (TPSA) is 222 Å². The number of carboxylic acid groups (broad SMARTS) is 2. The summed E-state index contributed by atoms with van der Waals surface area (Å²) in [6, 6.07) is 1.60. The van der Waals surface area contributed by atoms with Crippen molar-refractivity contribution in [3.63, 3.8) is 0 Å². The average molecular weight is 424 g/mol. The van der Waals surface area contributed by atoms with Crippen LogP contribution in [0.2, 0.25) is 0 Å². The van der Waals surface area contributed by atoms with Crippen LogP contribution in [0.3, 0.4) is 0 Å². The quantitative estimate of drug-likeness (QED) is 0.198. The van der Waals surface area contributed by atoms with Crippen LogP contribution in [-0.2, 0) is 30.4 Å². The number of hydrogen-bond acceptors (Lipinski definition) is 7. The molecular formula is C18H24N4O8. The van der Waals surface area contributed by atoms with Crippen molar-refractivity contribution in [2.24, 2.45) is 11.5 Å². The molecule has 164 valence electrons. The number of benzene rings is 1. The monoisotopic (exact) mass is 424 g/mol. The number of carbonyl (C=O) groups is 5. The first-order valence-corrected chi connectivity index (χ1v) is 8.86. The fourth-order valence-corrected chi connectivity index (χ4v) is 2.46. The Morgan fingerprint density at radius 1 is 0.933 bits per heavy atom. The van der Waals surface area contributed by atoms with Crippen LogP contribution in [0.4, 0.5) is 0 Å². The Kier molecular flexibility index (Phi) is 9.23. The van der Waals surface area contributed by atoms with E-state index in [1.165, 1.54) is 24.3 Å². The third kappa shape index (κ3) is 8.56. The summed E-state index contributed by atoms with van der Waals surface area (Å²) in [6.45, 7) is 0. The van der Waals surface area contributed by atoms with Gasteiger partial charge in [0.1, 0.15) is 17.8 Å². The number of nitrogens with one attached hydrogen (secondary N) is 2. The third-order valence-corrected chi connectivity index (χ3v) is 4.03. The molecule has 0 saturated heterocycles. The van der Waals surface area contributed by atoms with Crippen LogP contribution in [0.5, 0.6) is 5.75 Å². The molecule has 1 rings (SSSR count). The molecule has 0 spiro atoms. The molecule has 3 atom stereocenters. The predicted octanol–water partition coefficient (Wildman–Crippen LogP) is -1.94. The number of amides is 3. The Balaban J connectivity index is 2.98. The summed E-state index contributed by atoms with van der Waals surface area (Å²) in [5, 5.41) is 31.8. The Hall–Kier alpha value is -3.67. The molecule has 3 amide bonds. The first-order valence-electron chi connectivity index (χ1n) is 8.86. The molecule has 1 aromatic rings. The van der Waals surface area contributed by atoms with Gasteiger partial charge in [-0.1, -0.05) is 12.1 Å². The molecule has 3 unspecified atom stereocenters. The molecule has 1 aromatic carbocycles. The minimum absolute atomic E-state index is 0.0214. The SMILES string of the molecule is NC(=O)CC(N)C(=O)NC(Cc1ccc(O)cc1)C(=O)NC(CCC(=O)O)C(=O)O. The lowest BCUT2D eigenvalue weighted by atomic mass is 10.0. The van der Waals surface area contributed by atoms with E-state index in [2.05, 4.69) is 10.6 Å². The van der Waals surface area contributed by atoms with Crippen molar-refractivity contribution >= 4 is 29.7 Å². The number of carbonyl (C=O) groups excluding carboxylic acids is 3. The van der Waals surface area contributed by atoms with E-state index in [-0.39, 0.29) is 18.6 Å². The molecule has 0 saturated carbocycles. The maximum Gasteiger partial charge on any atom is 0.326 e. The fraction of sp³-hybridized carbons (Fsp3) is 0.389. The summed E-state index contributed by atoms with van der Waals surface area (Å²) in [5.41, 5.74) is 11.1.